The molecule has 0 aliphatic carbocycles. The Labute approximate surface area is 121 Å². The smallest absolute Gasteiger partial charge is 0.335 e. The van der Waals surface area contributed by atoms with Gasteiger partial charge in [0.25, 0.3) is 0 Å². The average molecular weight is 325 g/mol. The maximum absolute atomic E-state index is 11.0. The molecule has 1 N–H and O–H groups in total. The first kappa shape index (κ1) is 15.4. The second kappa shape index (κ2) is 6.52. The van der Waals surface area contributed by atoms with Crippen LogP contribution in [0, 0.1) is 13.8 Å². The molecule has 0 spiro atoms. The molecule has 0 atom stereocenters. The Morgan fingerprint density at radius 3 is 2.53 bits per heavy atom. The molecular formula is C14H17BrN2O2. The fourth-order valence-electron chi connectivity index (χ4n) is 1.64. The van der Waals surface area contributed by atoms with Crippen LogP contribution < -0.4 is 0 Å². The summed E-state index contributed by atoms with van der Waals surface area (Å²) in [7, 11) is 0. The van der Waals surface area contributed by atoms with Crippen molar-refractivity contribution in [1.29, 1.82) is 0 Å². The Morgan fingerprint density at radius 2 is 2.16 bits per heavy atom. The van der Waals surface area contributed by atoms with Gasteiger partial charge < -0.3 is 5.11 Å². The summed E-state index contributed by atoms with van der Waals surface area (Å²) in [4.78, 5) is 11.0. The first-order valence-corrected chi connectivity index (χ1v) is 6.62. The Kier molecular flexibility index (Phi) is 5.30. The van der Waals surface area contributed by atoms with Crippen LogP contribution in [0.3, 0.4) is 0 Å². The van der Waals surface area contributed by atoms with Crippen molar-refractivity contribution in [1.82, 2.24) is 9.78 Å². The number of hydrogen-bond donors (Lipinski definition) is 1. The highest BCUT2D eigenvalue weighted by molar-refractivity contribution is 9.10. The number of aryl methyl sites for hydroxylation is 1. The summed E-state index contributed by atoms with van der Waals surface area (Å²) in [6.45, 7) is 9.78. The summed E-state index contributed by atoms with van der Waals surface area (Å²) in [5.41, 5.74) is 2.96. The molecule has 1 heterocycles. The maximum Gasteiger partial charge on any atom is 0.335 e. The highest BCUT2D eigenvalue weighted by Gasteiger charge is 2.10. The third-order valence-corrected chi connectivity index (χ3v) is 3.93. The minimum absolute atomic E-state index is 0.246. The van der Waals surface area contributed by atoms with E-state index in [1.807, 2.05) is 18.5 Å². The fraction of sp³-hybridized carbons (Fsp3) is 0.286. The Hall–Kier alpha value is -1.62. The quantitative estimate of drug-likeness (QED) is 0.667. The highest BCUT2D eigenvalue weighted by atomic mass is 79.9. The lowest BCUT2D eigenvalue weighted by molar-refractivity contribution is -0.132. The van der Waals surface area contributed by atoms with E-state index in [0.29, 0.717) is 6.54 Å². The second-order valence-corrected chi connectivity index (χ2v) is 4.91. The zero-order valence-corrected chi connectivity index (χ0v) is 12.9. The Morgan fingerprint density at radius 1 is 1.53 bits per heavy atom. The van der Waals surface area contributed by atoms with E-state index in [1.54, 1.807) is 25.2 Å². The van der Waals surface area contributed by atoms with Crippen LogP contribution in [0.4, 0.5) is 0 Å². The van der Waals surface area contributed by atoms with Crippen molar-refractivity contribution < 1.29 is 9.90 Å². The molecule has 5 heteroatoms. The SMILES string of the molecule is C=C/C(=C\C(=C/C)C(=O)O)Cn1nc(C)c(Br)c1C. The number of halogens is 1. The molecule has 0 fully saturated rings. The van der Waals surface area contributed by atoms with Crippen molar-refractivity contribution in [3.8, 4) is 0 Å². The summed E-state index contributed by atoms with van der Waals surface area (Å²) < 4.78 is 2.79. The van der Waals surface area contributed by atoms with Gasteiger partial charge in [-0.1, -0.05) is 18.7 Å². The van der Waals surface area contributed by atoms with E-state index < -0.39 is 5.97 Å². The molecule has 102 valence electrons. The minimum Gasteiger partial charge on any atom is -0.478 e. The first-order valence-electron chi connectivity index (χ1n) is 5.82. The second-order valence-electron chi connectivity index (χ2n) is 4.11. The van der Waals surface area contributed by atoms with Crippen molar-refractivity contribution in [3.05, 3.63) is 51.8 Å². The molecule has 0 saturated carbocycles. The van der Waals surface area contributed by atoms with Crippen LogP contribution >= 0.6 is 15.9 Å². The molecule has 1 aromatic heterocycles. The van der Waals surface area contributed by atoms with Gasteiger partial charge in [-0.05, 0) is 48.4 Å². The van der Waals surface area contributed by atoms with Crippen molar-refractivity contribution in [2.75, 3.05) is 0 Å². The van der Waals surface area contributed by atoms with Gasteiger partial charge in [0.05, 0.1) is 28.0 Å². The maximum atomic E-state index is 11.0. The number of aromatic nitrogens is 2. The van der Waals surface area contributed by atoms with Gasteiger partial charge in [-0.15, -0.1) is 0 Å². The van der Waals surface area contributed by atoms with Crippen molar-refractivity contribution in [2.45, 2.75) is 27.3 Å². The monoisotopic (exact) mass is 324 g/mol. The number of carbonyl (C=O) groups is 1. The third kappa shape index (κ3) is 3.67. The Balaban J connectivity index is 3.06. The predicted molar refractivity (Wildman–Crippen MR) is 79.1 cm³/mol. The highest BCUT2D eigenvalue weighted by Crippen LogP contribution is 2.21. The normalized spacial score (nSPS) is 12.6. The molecule has 0 aromatic carbocycles. The number of rotatable bonds is 5. The molecule has 1 rings (SSSR count). The van der Waals surface area contributed by atoms with Gasteiger partial charge in [-0.25, -0.2) is 4.79 Å². The molecule has 0 saturated heterocycles. The van der Waals surface area contributed by atoms with Crippen LogP contribution in [-0.2, 0) is 11.3 Å². The van der Waals surface area contributed by atoms with Crippen LogP contribution in [-0.4, -0.2) is 20.9 Å². The lowest BCUT2D eigenvalue weighted by Crippen LogP contribution is -2.06. The number of nitrogens with zero attached hydrogens (tertiary/aromatic N) is 2. The molecule has 0 amide bonds. The number of allylic oxidation sites excluding steroid dienone is 3. The molecule has 4 nitrogen and oxygen atoms in total. The van der Waals surface area contributed by atoms with Crippen molar-refractivity contribution in [3.63, 3.8) is 0 Å². The fourth-order valence-corrected chi connectivity index (χ4v) is 1.92. The lowest BCUT2D eigenvalue weighted by atomic mass is 10.1. The summed E-state index contributed by atoms with van der Waals surface area (Å²) in [6.07, 6.45) is 4.82. The zero-order chi connectivity index (χ0) is 14.6. The standard InChI is InChI=1S/C14H17BrN2O2/c1-5-11(7-12(6-2)14(18)19)8-17-10(4)13(15)9(3)16-17/h5-7H,1,8H2,2-4H3,(H,18,19)/b11-7+,12-6+. The van der Waals surface area contributed by atoms with Crippen LogP contribution in [0.2, 0.25) is 0 Å². The molecule has 1 aromatic rings. The summed E-state index contributed by atoms with van der Waals surface area (Å²) in [5.74, 6) is -0.948. The van der Waals surface area contributed by atoms with Gasteiger partial charge in [-0.2, -0.15) is 5.10 Å². The van der Waals surface area contributed by atoms with Gasteiger partial charge in [-0.3, -0.25) is 4.68 Å². The van der Waals surface area contributed by atoms with E-state index in [4.69, 9.17) is 5.11 Å². The molecule has 0 bridgehead atoms. The van der Waals surface area contributed by atoms with Gasteiger partial charge in [0.2, 0.25) is 0 Å². The van der Waals surface area contributed by atoms with Crippen LogP contribution in [0.15, 0.2) is 40.4 Å². The molecular weight excluding hydrogens is 308 g/mol. The Bertz CT molecular complexity index is 568. The largest absolute Gasteiger partial charge is 0.478 e. The van der Waals surface area contributed by atoms with E-state index in [-0.39, 0.29) is 5.57 Å². The van der Waals surface area contributed by atoms with Gasteiger partial charge in [0, 0.05) is 0 Å². The van der Waals surface area contributed by atoms with Gasteiger partial charge in [0.1, 0.15) is 0 Å². The zero-order valence-electron chi connectivity index (χ0n) is 11.3. The molecule has 19 heavy (non-hydrogen) atoms. The molecule has 0 aliphatic heterocycles. The van der Waals surface area contributed by atoms with Crippen LogP contribution in [0.25, 0.3) is 0 Å². The summed E-state index contributed by atoms with van der Waals surface area (Å²) in [6, 6.07) is 0. The van der Waals surface area contributed by atoms with E-state index in [2.05, 4.69) is 27.6 Å². The summed E-state index contributed by atoms with van der Waals surface area (Å²) in [5, 5.41) is 13.4. The van der Waals surface area contributed by atoms with E-state index in [1.165, 1.54) is 0 Å². The topological polar surface area (TPSA) is 55.1 Å². The van der Waals surface area contributed by atoms with E-state index in [9.17, 15) is 4.79 Å². The van der Waals surface area contributed by atoms with E-state index in [0.717, 1.165) is 21.4 Å². The van der Waals surface area contributed by atoms with Gasteiger partial charge in [0.15, 0.2) is 0 Å². The number of aliphatic carboxylic acids is 1. The first-order chi connectivity index (χ1) is 8.90. The van der Waals surface area contributed by atoms with E-state index >= 15 is 0 Å². The predicted octanol–water partition coefficient (Wildman–Crippen LogP) is 3.41. The minimum atomic E-state index is -0.948. The van der Waals surface area contributed by atoms with Gasteiger partial charge >= 0.3 is 5.97 Å². The number of hydrogen-bond acceptors (Lipinski definition) is 2. The van der Waals surface area contributed by atoms with Crippen LogP contribution in [0.1, 0.15) is 18.3 Å². The molecule has 0 unspecified atom stereocenters. The van der Waals surface area contributed by atoms with Crippen molar-refractivity contribution in [2.24, 2.45) is 0 Å². The summed E-state index contributed by atoms with van der Waals surface area (Å²) >= 11 is 3.47. The molecule has 0 radical (unpaired) electrons. The van der Waals surface area contributed by atoms with Crippen LogP contribution in [0.5, 0.6) is 0 Å². The third-order valence-electron chi connectivity index (χ3n) is 2.79. The number of carboxylic acid groups (broad SMARTS) is 1. The number of carboxylic acids is 1. The molecule has 0 aliphatic rings. The van der Waals surface area contributed by atoms with Crippen molar-refractivity contribution >= 4 is 21.9 Å². The average Bonchev–Trinajstić information content (AvgIpc) is 2.61. The lowest BCUT2D eigenvalue weighted by Gasteiger charge is -2.06.